The van der Waals surface area contributed by atoms with Crippen molar-refractivity contribution in [2.24, 2.45) is 0 Å². The molecular formula is C11H16N2O. The van der Waals surface area contributed by atoms with Crippen LogP contribution in [0.3, 0.4) is 0 Å². The zero-order valence-electron chi connectivity index (χ0n) is 8.95. The van der Waals surface area contributed by atoms with Crippen LogP contribution in [-0.2, 0) is 11.3 Å². The summed E-state index contributed by atoms with van der Waals surface area (Å²) in [5.41, 5.74) is 1.91. The molecule has 3 nitrogen and oxygen atoms in total. The summed E-state index contributed by atoms with van der Waals surface area (Å²) in [5, 5.41) is 0. The first kappa shape index (κ1) is 10.9. The van der Waals surface area contributed by atoms with Crippen LogP contribution in [-0.4, -0.2) is 16.6 Å². The number of hydrogen-bond donors (Lipinski definition) is 0. The molecule has 0 aliphatic carbocycles. The minimum absolute atomic E-state index is 0.489. The van der Waals surface area contributed by atoms with Crippen molar-refractivity contribution in [3.05, 3.63) is 29.4 Å². The first-order valence-electron chi connectivity index (χ1n) is 4.81. The number of allylic oxidation sites excluding steroid dienone is 1. The van der Waals surface area contributed by atoms with E-state index in [-0.39, 0.29) is 0 Å². The van der Waals surface area contributed by atoms with Gasteiger partial charge in [0.05, 0.1) is 5.69 Å². The summed E-state index contributed by atoms with van der Waals surface area (Å²) in [7, 11) is 0. The maximum atomic E-state index is 5.26. The van der Waals surface area contributed by atoms with Crippen LogP contribution in [0.4, 0.5) is 0 Å². The van der Waals surface area contributed by atoms with E-state index in [0.717, 1.165) is 17.2 Å². The van der Waals surface area contributed by atoms with Gasteiger partial charge in [0.2, 0.25) is 0 Å². The standard InChI is InChI=1S/C11H16N2O/c1-4-6-10-7-9(3)12-11(13-10)8-14-5-2/h4,6-7H,5,8H2,1-3H3/b6-4-. The zero-order valence-corrected chi connectivity index (χ0v) is 8.95. The lowest BCUT2D eigenvalue weighted by molar-refractivity contribution is 0.128. The molecule has 0 saturated heterocycles. The van der Waals surface area contributed by atoms with E-state index in [1.165, 1.54) is 0 Å². The lowest BCUT2D eigenvalue weighted by atomic mass is 10.3. The number of hydrogen-bond acceptors (Lipinski definition) is 3. The fraction of sp³-hybridized carbons (Fsp3) is 0.455. The van der Waals surface area contributed by atoms with Crippen LogP contribution in [0.25, 0.3) is 6.08 Å². The molecule has 1 aromatic heterocycles. The molecule has 3 heteroatoms. The monoisotopic (exact) mass is 192 g/mol. The molecule has 0 radical (unpaired) electrons. The average molecular weight is 192 g/mol. The van der Waals surface area contributed by atoms with Crippen molar-refractivity contribution in [2.75, 3.05) is 6.61 Å². The Balaban J connectivity index is 2.83. The third-order valence-electron chi connectivity index (χ3n) is 1.69. The van der Waals surface area contributed by atoms with Crippen LogP contribution in [0.1, 0.15) is 31.1 Å². The Bertz CT molecular complexity index is 321. The van der Waals surface area contributed by atoms with Gasteiger partial charge in [-0.05, 0) is 32.9 Å². The third kappa shape index (κ3) is 3.26. The molecular weight excluding hydrogens is 176 g/mol. The summed E-state index contributed by atoms with van der Waals surface area (Å²) in [6.07, 6.45) is 3.93. The molecule has 1 rings (SSSR count). The average Bonchev–Trinajstić information content (AvgIpc) is 2.14. The summed E-state index contributed by atoms with van der Waals surface area (Å²) in [4.78, 5) is 8.62. The van der Waals surface area contributed by atoms with Gasteiger partial charge in [-0.2, -0.15) is 0 Å². The van der Waals surface area contributed by atoms with Gasteiger partial charge in [0, 0.05) is 12.3 Å². The zero-order chi connectivity index (χ0) is 10.4. The first-order chi connectivity index (χ1) is 6.76. The highest BCUT2D eigenvalue weighted by Crippen LogP contribution is 2.03. The molecule has 14 heavy (non-hydrogen) atoms. The molecule has 0 saturated carbocycles. The molecule has 1 aromatic rings. The molecule has 0 amide bonds. The predicted octanol–water partition coefficient (Wildman–Crippen LogP) is 2.35. The largest absolute Gasteiger partial charge is 0.374 e. The third-order valence-corrected chi connectivity index (χ3v) is 1.69. The Labute approximate surface area is 84.8 Å². The lowest BCUT2D eigenvalue weighted by Crippen LogP contribution is -2.01. The maximum absolute atomic E-state index is 5.26. The molecule has 1 heterocycles. The van der Waals surface area contributed by atoms with Crippen molar-refractivity contribution in [1.29, 1.82) is 0 Å². The van der Waals surface area contributed by atoms with E-state index in [1.807, 2.05) is 39.0 Å². The first-order valence-corrected chi connectivity index (χ1v) is 4.81. The number of rotatable bonds is 4. The highest BCUT2D eigenvalue weighted by atomic mass is 16.5. The molecule has 0 aromatic carbocycles. The topological polar surface area (TPSA) is 35.0 Å². The van der Waals surface area contributed by atoms with Gasteiger partial charge in [-0.3, -0.25) is 0 Å². The highest BCUT2D eigenvalue weighted by Gasteiger charge is 1.99. The van der Waals surface area contributed by atoms with Crippen LogP contribution >= 0.6 is 0 Å². The van der Waals surface area contributed by atoms with E-state index < -0.39 is 0 Å². The number of ether oxygens (including phenoxy) is 1. The number of aromatic nitrogens is 2. The van der Waals surface area contributed by atoms with Crippen molar-refractivity contribution < 1.29 is 4.74 Å². The van der Waals surface area contributed by atoms with Gasteiger partial charge in [0.15, 0.2) is 5.82 Å². The van der Waals surface area contributed by atoms with Gasteiger partial charge >= 0.3 is 0 Å². The minimum Gasteiger partial charge on any atom is -0.374 e. The van der Waals surface area contributed by atoms with E-state index in [2.05, 4.69) is 9.97 Å². The van der Waals surface area contributed by atoms with Crippen molar-refractivity contribution in [2.45, 2.75) is 27.4 Å². The van der Waals surface area contributed by atoms with E-state index >= 15 is 0 Å². The molecule has 0 bridgehead atoms. The Kier molecular flexibility index (Phi) is 4.26. The fourth-order valence-corrected chi connectivity index (χ4v) is 1.17. The highest BCUT2D eigenvalue weighted by molar-refractivity contribution is 5.44. The predicted molar refractivity (Wildman–Crippen MR) is 56.8 cm³/mol. The second kappa shape index (κ2) is 5.50. The van der Waals surface area contributed by atoms with Crippen LogP contribution in [0.15, 0.2) is 12.1 Å². The van der Waals surface area contributed by atoms with Crippen molar-refractivity contribution in [3.8, 4) is 0 Å². The number of aryl methyl sites for hydroxylation is 1. The summed E-state index contributed by atoms with van der Waals surface area (Å²) < 4.78 is 5.26. The molecule has 0 fully saturated rings. The lowest BCUT2D eigenvalue weighted by Gasteiger charge is -2.02. The quantitative estimate of drug-likeness (QED) is 0.734. The second-order valence-electron chi connectivity index (χ2n) is 2.99. The Morgan fingerprint density at radius 2 is 2.21 bits per heavy atom. The Morgan fingerprint density at radius 1 is 1.43 bits per heavy atom. The van der Waals surface area contributed by atoms with Gasteiger partial charge in [-0.1, -0.05) is 6.08 Å². The summed E-state index contributed by atoms with van der Waals surface area (Å²) in [6.45, 7) is 7.07. The van der Waals surface area contributed by atoms with Crippen LogP contribution < -0.4 is 0 Å². The van der Waals surface area contributed by atoms with E-state index in [9.17, 15) is 0 Å². The van der Waals surface area contributed by atoms with Gasteiger partial charge in [0.1, 0.15) is 6.61 Å². The molecule has 0 N–H and O–H groups in total. The summed E-state index contributed by atoms with van der Waals surface area (Å²) in [6, 6.07) is 1.95. The van der Waals surface area contributed by atoms with Gasteiger partial charge in [0.25, 0.3) is 0 Å². The molecule has 76 valence electrons. The molecule has 0 aliphatic heterocycles. The Hall–Kier alpha value is -1.22. The summed E-state index contributed by atoms with van der Waals surface area (Å²) in [5.74, 6) is 0.750. The van der Waals surface area contributed by atoms with E-state index in [1.54, 1.807) is 0 Å². The molecule has 0 unspecified atom stereocenters. The SMILES string of the molecule is C/C=C\c1cc(C)nc(COCC)n1. The minimum atomic E-state index is 0.489. The van der Waals surface area contributed by atoms with Crippen LogP contribution in [0.2, 0.25) is 0 Å². The Morgan fingerprint density at radius 3 is 2.86 bits per heavy atom. The van der Waals surface area contributed by atoms with Crippen molar-refractivity contribution in [1.82, 2.24) is 9.97 Å². The van der Waals surface area contributed by atoms with Gasteiger partial charge < -0.3 is 4.74 Å². The van der Waals surface area contributed by atoms with Crippen LogP contribution in [0.5, 0.6) is 0 Å². The molecule has 0 aliphatic rings. The van der Waals surface area contributed by atoms with Gasteiger partial charge in [-0.25, -0.2) is 9.97 Å². The maximum Gasteiger partial charge on any atom is 0.154 e. The number of nitrogens with zero attached hydrogens (tertiary/aromatic N) is 2. The normalized spacial score (nSPS) is 11.1. The van der Waals surface area contributed by atoms with E-state index in [4.69, 9.17) is 4.74 Å². The van der Waals surface area contributed by atoms with E-state index in [0.29, 0.717) is 13.2 Å². The smallest absolute Gasteiger partial charge is 0.154 e. The van der Waals surface area contributed by atoms with Crippen molar-refractivity contribution in [3.63, 3.8) is 0 Å². The molecule has 0 spiro atoms. The molecule has 0 atom stereocenters. The van der Waals surface area contributed by atoms with Gasteiger partial charge in [-0.15, -0.1) is 0 Å². The van der Waals surface area contributed by atoms with Crippen molar-refractivity contribution >= 4 is 6.08 Å². The fourth-order valence-electron chi connectivity index (χ4n) is 1.17. The second-order valence-corrected chi connectivity index (χ2v) is 2.99. The summed E-state index contributed by atoms with van der Waals surface area (Å²) >= 11 is 0. The van der Waals surface area contributed by atoms with Crippen LogP contribution in [0, 0.1) is 6.92 Å².